The van der Waals surface area contributed by atoms with Crippen LogP contribution in [0.1, 0.15) is 0 Å². The zero-order valence-corrected chi connectivity index (χ0v) is 37.7. The first kappa shape index (κ1) is 40.2. The van der Waals surface area contributed by atoms with E-state index in [4.69, 9.17) is 18.6 Å². The minimum atomic E-state index is -1.29. The molecule has 52 heavy (non-hydrogen) atoms. The molecule has 2 radical (unpaired) electrons. The van der Waals surface area contributed by atoms with Crippen LogP contribution in [0.5, 0.6) is 0 Å². The van der Waals surface area contributed by atoms with E-state index >= 15 is 0 Å². The Morgan fingerprint density at radius 2 is 0.731 bits per heavy atom. The van der Waals surface area contributed by atoms with E-state index in [1.54, 1.807) is 10.4 Å². The third kappa shape index (κ3) is 9.38. The Bertz CT molecular complexity index is 2210. The van der Waals surface area contributed by atoms with Gasteiger partial charge in [-0.2, -0.15) is 12.1 Å². The Labute approximate surface area is 332 Å². The summed E-state index contributed by atoms with van der Waals surface area (Å²) in [5.74, 6) is 0. The van der Waals surface area contributed by atoms with Gasteiger partial charge in [-0.1, -0.05) is 161 Å². The molecule has 0 aromatic heterocycles. The molecule has 0 atom stereocenters. The summed E-state index contributed by atoms with van der Waals surface area (Å²) in [6.07, 6.45) is 0. The first-order valence-electron chi connectivity index (χ1n) is 17.8. The van der Waals surface area contributed by atoms with E-state index in [9.17, 15) is 0 Å². The number of fused-ring (bicyclic) bond motifs is 4. The molecule has 0 nitrogen and oxygen atoms in total. The van der Waals surface area contributed by atoms with E-state index in [-0.39, 0.29) is 0 Å². The fourth-order valence-corrected chi connectivity index (χ4v) is 9.06. The first-order chi connectivity index (χ1) is 24.9. The molecule has 264 valence electrons. The second-order valence-electron chi connectivity index (χ2n) is 15.2. The Hall–Kier alpha value is -3.00. The molecule has 0 aliphatic carbocycles. The summed E-state index contributed by atoms with van der Waals surface area (Å²) in [4.78, 5) is 0. The first-order valence-corrected chi connectivity index (χ1v) is 31.1. The summed E-state index contributed by atoms with van der Waals surface area (Å²) in [6.45, 7) is 18.8. The molecule has 0 heterocycles. The molecule has 8 rings (SSSR count). The van der Waals surface area contributed by atoms with Gasteiger partial charge in [-0.05, 0) is 32.7 Å². The second-order valence-corrected chi connectivity index (χ2v) is 29.0. The number of halogens is 2. The van der Waals surface area contributed by atoms with Gasteiger partial charge >= 0.3 is 35.6 Å². The monoisotopic (exact) mass is 802 g/mol. The average molecular weight is 804 g/mol. The zero-order valence-electron chi connectivity index (χ0n) is 31.6. The summed E-state index contributed by atoms with van der Waals surface area (Å²) in [5.41, 5.74) is 5.37. The molecule has 0 spiro atoms. The van der Waals surface area contributed by atoms with Crippen molar-refractivity contribution in [2.24, 2.45) is 0 Å². The molecule has 0 amide bonds. The quantitative estimate of drug-likeness (QED) is 0.123. The van der Waals surface area contributed by atoms with Crippen LogP contribution in [0.4, 0.5) is 0 Å². The third-order valence-corrected chi connectivity index (χ3v) is 13.4. The predicted octanol–water partition coefficient (Wildman–Crippen LogP) is 14.0. The van der Waals surface area contributed by atoms with Gasteiger partial charge in [0.25, 0.3) is 0 Å². The molecule has 0 saturated carbocycles. The van der Waals surface area contributed by atoms with Crippen molar-refractivity contribution in [3.05, 3.63) is 146 Å². The van der Waals surface area contributed by atoms with Crippen LogP contribution < -0.4 is 10.4 Å². The van der Waals surface area contributed by atoms with Crippen molar-refractivity contribution < 1.29 is 17.0 Å². The number of hydrogen-bond acceptors (Lipinski definition) is 0. The van der Waals surface area contributed by atoms with Crippen molar-refractivity contribution in [1.82, 2.24) is 0 Å². The van der Waals surface area contributed by atoms with E-state index < -0.39 is 33.2 Å². The molecule has 0 aliphatic rings. The van der Waals surface area contributed by atoms with Gasteiger partial charge in [0.05, 0.1) is 16.1 Å². The Kier molecular flexibility index (Phi) is 13.8. The topological polar surface area (TPSA) is 0 Å². The summed E-state index contributed by atoms with van der Waals surface area (Å²) >= 11 is -0.556. The van der Waals surface area contributed by atoms with Crippen LogP contribution in [0.3, 0.4) is 0 Å². The Morgan fingerprint density at radius 1 is 0.442 bits per heavy atom. The van der Waals surface area contributed by atoms with Crippen molar-refractivity contribution >= 4 is 97.7 Å². The van der Waals surface area contributed by atoms with Crippen molar-refractivity contribution in [2.45, 2.75) is 52.4 Å². The molecule has 8 aromatic rings. The minimum absolute atomic E-state index is 0.556. The van der Waals surface area contributed by atoms with Crippen LogP contribution in [0.25, 0.3) is 65.3 Å². The molecular weight excluding hydrogens is 756 g/mol. The Balaban J connectivity index is 0.000000175. The molecule has 6 heteroatoms. The zero-order chi connectivity index (χ0) is 37.5. The maximum atomic E-state index is 4.89. The molecule has 8 aromatic carbocycles. The van der Waals surface area contributed by atoms with Crippen molar-refractivity contribution in [3.63, 3.8) is 0 Å². The normalized spacial score (nSPS) is 11.3. The van der Waals surface area contributed by atoms with E-state index in [0.717, 1.165) is 9.52 Å². The fraction of sp³-hybridized carbons (Fsp3) is 0.174. The van der Waals surface area contributed by atoms with Gasteiger partial charge in [0, 0.05) is 9.52 Å². The maximum absolute atomic E-state index is 4.89. The van der Waals surface area contributed by atoms with Crippen LogP contribution in [-0.4, -0.2) is 25.7 Å². The van der Waals surface area contributed by atoms with Crippen LogP contribution >= 0.6 is 18.6 Å². The van der Waals surface area contributed by atoms with Gasteiger partial charge in [0.1, 0.15) is 0 Å². The van der Waals surface area contributed by atoms with Gasteiger partial charge in [-0.25, -0.2) is 0 Å². The van der Waals surface area contributed by atoms with Crippen molar-refractivity contribution in [1.29, 1.82) is 0 Å². The number of benzene rings is 6. The van der Waals surface area contributed by atoms with Crippen molar-refractivity contribution in [3.8, 4) is 22.3 Å². The molecule has 0 N–H and O–H groups in total. The van der Waals surface area contributed by atoms with Crippen LogP contribution in [-0.2, 0) is 17.0 Å². The third-order valence-electron chi connectivity index (χ3n) is 9.39. The van der Waals surface area contributed by atoms with Gasteiger partial charge < -0.3 is 0 Å². The summed E-state index contributed by atoms with van der Waals surface area (Å²) in [7, 11) is 8.27. The summed E-state index contributed by atoms with van der Waals surface area (Å²) in [6, 6.07) is 53.6. The average Bonchev–Trinajstić information content (AvgIpc) is 3.78. The van der Waals surface area contributed by atoms with Crippen LogP contribution in [0, 0.1) is 0 Å². The standard InChI is InChI=1S/2C22H21Si.C2H6Si.2ClH.Ti/c2*1-23(2,3)18-14-17-10-7-13-21(22(17)15-18)20-12-6-9-16-8-4-5-11-19(16)20;1-3-2;;;/h2*4-15H,1-3H3;1-2H3;2*1H;/q2*-1;;;;+2/p-2. The van der Waals surface area contributed by atoms with E-state index in [1.165, 1.54) is 65.3 Å². The van der Waals surface area contributed by atoms with Crippen molar-refractivity contribution in [2.75, 3.05) is 0 Å². The molecular formula is C46H48Cl2Si3Ti-2. The van der Waals surface area contributed by atoms with E-state index in [2.05, 4.69) is 198 Å². The van der Waals surface area contributed by atoms with Crippen LogP contribution in [0.2, 0.25) is 52.4 Å². The van der Waals surface area contributed by atoms with Gasteiger partial charge in [0.2, 0.25) is 0 Å². The summed E-state index contributed by atoms with van der Waals surface area (Å²) < 4.78 is 0. The molecule has 0 fully saturated rings. The molecule has 0 aliphatic heterocycles. The summed E-state index contributed by atoms with van der Waals surface area (Å²) in [5, 5.41) is 13.9. The fourth-order valence-electron chi connectivity index (χ4n) is 6.73. The Morgan fingerprint density at radius 3 is 1.08 bits per heavy atom. The number of rotatable bonds is 4. The molecule has 0 unspecified atom stereocenters. The van der Waals surface area contributed by atoms with E-state index in [0.29, 0.717) is 0 Å². The van der Waals surface area contributed by atoms with Gasteiger partial charge in [-0.15, -0.1) is 68.3 Å². The van der Waals surface area contributed by atoms with E-state index in [1.807, 2.05) is 0 Å². The number of hydrogen-bond donors (Lipinski definition) is 0. The van der Waals surface area contributed by atoms with Gasteiger partial charge in [-0.3, -0.25) is 0 Å². The van der Waals surface area contributed by atoms with Gasteiger partial charge in [0.15, 0.2) is 0 Å². The van der Waals surface area contributed by atoms with Crippen LogP contribution in [0.15, 0.2) is 146 Å². The molecule has 0 bridgehead atoms. The molecule has 0 saturated heterocycles. The SMILES string of the molecule is C[Si](C)(C)c1cc2c(-c3cccc4ccccc34)cccc2[cH-]1.C[Si](C)(C)c1cc2c(-c3cccc4ccccc34)cccc2[cH-]1.C[Si]C.[Cl][Ti][Cl]. The second kappa shape index (κ2) is 17.9. The predicted molar refractivity (Wildman–Crippen MR) is 240 cm³/mol.